The summed E-state index contributed by atoms with van der Waals surface area (Å²) >= 11 is 3.34. The molecule has 2 aromatic rings. The molecule has 0 aliphatic carbocycles. The van der Waals surface area contributed by atoms with Gasteiger partial charge in [-0.1, -0.05) is 22.0 Å². The Bertz CT molecular complexity index is 652. The van der Waals surface area contributed by atoms with Gasteiger partial charge < -0.3 is 4.90 Å². The predicted octanol–water partition coefficient (Wildman–Crippen LogP) is 3.88. The van der Waals surface area contributed by atoms with E-state index in [0.29, 0.717) is 30.2 Å². The molecule has 3 nitrogen and oxygen atoms in total. The van der Waals surface area contributed by atoms with Gasteiger partial charge >= 0.3 is 0 Å². The van der Waals surface area contributed by atoms with Crippen molar-refractivity contribution in [1.29, 1.82) is 5.26 Å². The highest BCUT2D eigenvalue weighted by Gasteiger charge is 2.11. The zero-order valence-corrected chi connectivity index (χ0v) is 12.6. The van der Waals surface area contributed by atoms with Crippen LogP contribution in [0.5, 0.6) is 0 Å². The second kappa shape index (κ2) is 6.49. The lowest BCUT2D eigenvalue weighted by molar-refractivity contribution is 0.604. The van der Waals surface area contributed by atoms with Crippen molar-refractivity contribution < 1.29 is 4.39 Å². The van der Waals surface area contributed by atoms with E-state index in [0.717, 1.165) is 4.47 Å². The van der Waals surface area contributed by atoms with Gasteiger partial charge in [0.05, 0.1) is 0 Å². The van der Waals surface area contributed by atoms with Gasteiger partial charge in [0.15, 0.2) is 0 Å². The first-order valence-corrected chi connectivity index (χ1v) is 6.99. The number of rotatable bonds is 4. The Morgan fingerprint density at radius 3 is 2.85 bits per heavy atom. The van der Waals surface area contributed by atoms with Crippen molar-refractivity contribution >= 4 is 21.7 Å². The Kier molecular flexibility index (Phi) is 4.70. The zero-order valence-electron chi connectivity index (χ0n) is 11.0. The topological polar surface area (TPSA) is 39.9 Å². The molecule has 0 amide bonds. The first kappa shape index (κ1) is 14.5. The van der Waals surface area contributed by atoms with Crippen molar-refractivity contribution in [3.05, 3.63) is 57.9 Å². The van der Waals surface area contributed by atoms with Gasteiger partial charge in [0, 0.05) is 23.1 Å². The summed E-state index contributed by atoms with van der Waals surface area (Å²) in [5.41, 5.74) is 0.945. The molecule has 1 heterocycles. The van der Waals surface area contributed by atoms with E-state index < -0.39 is 0 Å². The van der Waals surface area contributed by atoms with E-state index in [1.165, 1.54) is 6.07 Å². The third kappa shape index (κ3) is 3.34. The highest BCUT2D eigenvalue weighted by molar-refractivity contribution is 9.10. The average Bonchev–Trinajstić information content (AvgIpc) is 2.48. The number of pyridine rings is 1. The van der Waals surface area contributed by atoms with Crippen LogP contribution in [0.1, 0.15) is 18.2 Å². The number of hydrogen-bond acceptors (Lipinski definition) is 3. The smallest absolute Gasteiger partial charge is 0.142 e. The van der Waals surface area contributed by atoms with E-state index in [4.69, 9.17) is 5.26 Å². The molecule has 1 aromatic carbocycles. The van der Waals surface area contributed by atoms with E-state index in [9.17, 15) is 4.39 Å². The molecule has 20 heavy (non-hydrogen) atoms. The standard InChI is InChI=1S/C15H13BrFN3/c1-2-20(15-5-3-4-13(9-18)19-15)10-11-8-12(16)6-7-14(11)17/h3-8H,2,10H2,1H3. The molecular formula is C15H13BrFN3. The summed E-state index contributed by atoms with van der Waals surface area (Å²) in [5.74, 6) is 0.425. The fraction of sp³-hybridized carbons (Fsp3) is 0.200. The van der Waals surface area contributed by atoms with Gasteiger partial charge in [-0.15, -0.1) is 0 Å². The molecule has 0 saturated heterocycles. The molecular weight excluding hydrogens is 321 g/mol. The van der Waals surface area contributed by atoms with Crippen molar-refractivity contribution in [2.45, 2.75) is 13.5 Å². The zero-order chi connectivity index (χ0) is 14.5. The van der Waals surface area contributed by atoms with Crippen LogP contribution in [0.15, 0.2) is 40.9 Å². The largest absolute Gasteiger partial charge is 0.352 e. The molecule has 0 aliphatic rings. The molecule has 0 atom stereocenters. The second-order valence-electron chi connectivity index (χ2n) is 4.24. The first-order chi connectivity index (χ1) is 9.63. The SMILES string of the molecule is CCN(Cc1cc(Br)ccc1F)c1cccc(C#N)n1. The minimum atomic E-state index is -0.247. The molecule has 0 N–H and O–H groups in total. The molecule has 0 fully saturated rings. The van der Waals surface area contributed by atoms with E-state index >= 15 is 0 Å². The van der Waals surface area contributed by atoms with Gasteiger partial charge in [-0.05, 0) is 37.3 Å². The quantitative estimate of drug-likeness (QED) is 0.852. The molecule has 0 unspecified atom stereocenters. The molecule has 5 heteroatoms. The van der Waals surface area contributed by atoms with Crippen LogP contribution in [0.3, 0.4) is 0 Å². The Morgan fingerprint density at radius 1 is 1.35 bits per heavy atom. The maximum atomic E-state index is 13.8. The van der Waals surface area contributed by atoms with Crippen LogP contribution in [-0.2, 0) is 6.54 Å². The Balaban J connectivity index is 2.29. The van der Waals surface area contributed by atoms with Crippen LogP contribution in [0.25, 0.3) is 0 Å². The molecule has 1 aromatic heterocycles. The van der Waals surface area contributed by atoms with Crippen molar-refractivity contribution in [2.75, 3.05) is 11.4 Å². The molecule has 102 valence electrons. The first-order valence-electron chi connectivity index (χ1n) is 6.20. The van der Waals surface area contributed by atoms with E-state index in [1.54, 1.807) is 24.3 Å². The summed E-state index contributed by atoms with van der Waals surface area (Å²) in [7, 11) is 0. The minimum absolute atomic E-state index is 0.247. The van der Waals surface area contributed by atoms with Gasteiger partial charge in [-0.2, -0.15) is 5.26 Å². The second-order valence-corrected chi connectivity index (χ2v) is 5.16. The van der Waals surface area contributed by atoms with E-state index in [1.807, 2.05) is 24.0 Å². The van der Waals surface area contributed by atoms with Crippen molar-refractivity contribution in [3.63, 3.8) is 0 Å². The van der Waals surface area contributed by atoms with Crippen LogP contribution in [-0.4, -0.2) is 11.5 Å². The minimum Gasteiger partial charge on any atom is -0.352 e. The normalized spacial score (nSPS) is 10.1. The monoisotopic (exact) mass is 333 g/mol. The van der Waals surface area contributed by atoms with Crippen LogP contribution in [0.4, 0.5) is 10.2 Å². The fourth-order valence-corrected chi connectivity index (χ4v) is 2.30. The van der Waals surface area contributed by atoms with Gasteiger partial charge in [0.2, 0.25) is 0 Å². The van der Waals surface area contributed by atoms with Gasteiger partial charge in [-0.25, -0.2) is 9.37 Å². The predicted molar refractivity (Wildman–Crippen MR) is 79.8 cm³/mol. The summed E-state index contributed by atoms with van der Waals surface area (Å²) in [6.45, 7) is 3.05. The lowest BCUT2D eigenvalue weighted by Crippen LogP contribution is -2.23. The Morgan fingerprint density at radius 2 is 2.15 bits per heavy atom. The van der Waals surface area contributed by atoms with Crippen LogP contribution >= 0.6 is 15.9 Å². The third-order valence-corrected chi connectivity index (χ3v) is 3.42. The third-order valence-electron chi connectivity index (χ3n) is 2.92. The van der Waals surface area contributed by atoms with Crippen molar-refractivity contribution in [3.8, 4) is 6.07 Å². The number of hydrogen-bond donors (Lipinski definition) is 0. The van der Waals surface area contributed by atoms with Crippen LogP contribution in [0, 0.1) is 17.1 Å². The number of anilines is 1. The lowest BCUT2D eigenvalue weighted by atomic mass is 10.2. The Hall–Kier alpha value is -1.93. The van der Waals surface area contributed by atoms with Crippen molar-refractivity contribution in [1.82, 2.24) is 4.98 Å². The summed E-state index contributed by atoms with van der Waals surface area (Å²) in [6.07, 6.45) is 0. The van der Waals surface area contributed by atoms with Gasteiger partial charge in [-0.3, -0.25) is 0 Å². The number of nitriles is 1. The van der Waals surface area contributed by atoms with Crippen molar-refractivity contribution in [2.24, 2.45) is 0 Å². The summed E-state index contributed by atoms with van der Waals surface area (Å²) < 4.78 is 14.6. The maximum Gasteiger partial charge on any atom is 0.142 e. The van der Waals surface area contributed by atoms with E-state index in [-0.39, 0.29) is 5.82 Å². The molecule has 2 rings (SSSR count). The molecule has 0 aliphatic heterocycles. The highest BCUT2D eigenvalue weighted by Crippen LogP contribution is 2.20. The Labute approximate surface area is 125 Å². The number of benzene rings is 1. The van der Waals surface area contributed by atoms with Gasteiger partial charge in [0.1, 0.15) is 23.4 Å². The summed E-state index contributed by atoms with van der Waals surface area (Å²) in [5, 5.41) is 8.89. The molecule has 0 saturated carbocycles. The summed E-state index contributed by atoms with van der Waals surface area (Å²) in [6, 6.07) is 12.1. The van der Waals surface area contributed by atoms with E-state index in [2.05, 4.69) is 20.9 Å². The number of nitrogens with zero attached hydrogens (tertiary/aromatic N) is 3. The number of halogens is 2. The lowest BCUT2D eigenvalue weighted by Gasteiger charge is -2.22. The molecule has 0 radical (unpaired) electrons. The number of aromatic nitrogens is 1. The van der Waals surface area contributed by atoms with Crippen LogP contribution < -0.4 is 4.90 Å². The average molecular weight is 334 g/mol. The maximum absolute atomic E-state index is 13.8. The summed E-state index contributed by atoms with van der Waals surface area (Å²) in [4.78, 5) is 6.16. The molecule has 0 spiro atoms. The fourth-order valence-electron chi connectivity index (χ4n) is 1.89. The van der Waals surface area contributed by atoms with Gasteiger partial charge in [0.25, 0.3) is 0 Å². The highest BCUT2D eigenvalue weighted by atomic mass is 79.9. The molecule has 0 bridgehead atoms. The van der Waals surface area contributed by atoms with Crippen LogP contribution in [0.2, 0.25) is 0 Å².